The van der Waals surface area contributed by atoms with Crippen LogP contribution in [0.25, 0.3) is 0 Å². The van der Waals surface area contributed by atoms with Crippen LogP contribution in [0.4, 0.5) is 0 Å². The fourth-order valence-corrected chi connectivity index (χ4v) is 2.92. The summed E-state index contributed by atoms with van der Waals surface area (Å²) in [7, 11) is 1.86. The second kappa shape index (κ2) is 7.65. The molecule has 0 unspecified atom stereocenters. The zero-order valence-electron chi connectivity index (χ0n) is 11.9. The number of nitrogens with one attached hydrogen (secondary N) is 2. The Bertz CT molecular complexity index is 252. The van der Waals surface area contributed by atoms with Crippen molar-refractivity contribution in [3.8, 4) is 0 Å². The van der Waals surface area contributed by atoms with Crippen LogP contribution in [0.5, 0.6) is 0 Å². The number of guanidine groups is 1. The minimum atomic E-state index is 0.988. The van der Waals surface area contributed by atoms with Crippen LogP contribution in [0, 0.1) is 11.8 Å². The van der Waals surface area contributed by atoms with Crippen LogP contribution in [0.2, 0.25) is 0 Å². The molecular weight excluding hydrogens is 222 g/mol. The zero-order valence-corrected chi connectivity index (χ0v) is 11.9. The standard InChI is InChI=1S/C15H29N3/c1-16-15(18-12-10-14-8-9-14)17-11-4-7-13-5-2-3-6-13/h13-14H,2-12H2,1H3,(H2,16,17,18). The van der Waals surface area contributed by atoms with Gasteiger partial charge in [-0.1, -0.05) is 38.5 Å². The third-order valence-corrected chi connectivity index (χ3v) is 4.32. The van der Waals surface area contributed by atoms with Gasteiger partial charge in [0.15, 0.2) is 5.96 Å². The lowest BCUT2D eigenvalue weighted by Crippen LogP contribution is -2.38. The maximum absolute atomic E-state index is 4.27. The van der Waals surface area contributed by atoms with Gasteiger partial charge >= 0.3 is 0 Å². The Morgan fingerprint density at radius 1 is 0.944 bits per heavy atom. The van der Waals surface area contributed by atoms with Crippen LogP contribution in [0.15, 0.2) is 4.99 Å². The van der Waals surface area contributed by atoms with E-state index in [1.807, 2.05) is 7.05 Å². The Kier molecular flexibility index (Phi) is 5.82. The molecule has 2 saturated carbocycles. The van der Waals surface area contributed by atoms with Gasteiger partial charge in [-0.25, -0.2) is 0 Å². The Morgan fingerprint density at radius 2 is 1.61 bits per heavy atom. The fourth-order valence-electron chi connectivity index (χ4n) is 2.92. The molecule has 0 aromatic heterocycles. The van der Waals surface area contributed by atoms with Gasteiger partial charge in [0.1, 0.15) is 0 Å². The summed E-state index contributed by atoms with van der Waals surface area (Å²) in [6, 6.07) is 0. The second-order valence-corrected chi connectivity index (χ2v) is 5.95. The maximum atomic E-state index is 4.27. The van der Waals surface area contributed by atoms with Crippen LogP contribution in [0.1, 0.15) is 57.8 Å². The molecule has 2 N–H and O–H groups in total. The van der Waals surface area contributed by atoms with E-state index in [1.54, 1.807) is 0 Å². The molecule has 2 fully saturated rings. The summed E-state index contributed by atoms with van der Waals surface area (Å²) >= 11 is 0. The van der Waals surface area contributed by atoms with Gasteiger partial charge in [-0.3, -0.25) is 4.99 Å². The van der Waals surface area contributed by atoms with Crippen molar-refractivity contribution in [1.29, 1.82) is 0 Å². The lowest BCUT2D eigenvalue weighted by atomic mass is 10.0. The average molecular weight is 251 g/mol. The van der Waals surface area contributed by atoms with Crippen molar-refractivity contribution in [1.82, 2.24) is 10.6 Å². The highest BCUT2D eigenvalue weighted by Gasteiger charge is 2.20. The smallest absolute Gasteiger partial charge is 0.190 e. The minimum Gasteiger partial charge on any atom is -0.356 e. The summed E-state index contributed by atoms with van der Waals surface area (Å²) in [5.74, 6) is 3.00. The van der Waals surface area contributed by atoms with Gasteiger partial charge in [0.2, 0.25) is 0 Å². The van der Waals surface area contributed by atoms with Crippen LogP contribution in [-0.2, 0) is 0 Å². The Morgan fingerprint density at radius 3 is 2.28 bits per heavy atom. The molecule has 3 nitrogen and oxygen atoms in total. The fraction of sp³-hybridized carbons (Fsp3) is 0.933. The third kappa shape index (κ3) is 5.28. The molecule has 0 heterocycles. The van der Waals surface area contributed by atoms with Gasteiger partial charge in [-0.05, 0) is 31.1 Å². The summed E-state index contributed by atoms with van der Waals surface area (Å²) in [6.45, 7) is 2.15. The van der Waals surface area contributed by atoms with E-state index in [4.69, 9.17) is 0 Å². The van der Waals surface area contributed by atoms with Crippen LogP contribution in [-0.4, -0.2) is 26.1 Å². The first-order valence-corrected chi connectivity index (χ1v) is 7.83. The Labute approximate surface area is 112 Å². The summed E-state index contributed by atoms with van der Waals surface area (Å²) < 4.78 is 0. The molecule has 3 heteroatoms. The summed E-state index contributed by atoms with van der Waals surface area (Å²) in [5.41, 5.74) is 0. The molecule has 0 aromatic rings. The Balaban J connectivity index is 1.47. The normalized spacial score (nSPS) is 21.3. The number of aliphatic imine (C=N–C) groups is 1. The molecule has 18 heavy (non-hydrogen) atoms. The summed E-state index contributed by atoms with van der Waals surface area (Å²) in [5, 5.41) is 6.83. The number of rotatable bonds is 7. The molecule has 0 aliphatic heterocycles. The van der Waals surface area contributed by atoms with Crippen LogP contribution < -0.4 is 10.6 Å². The van der Waals surface area contributed by atoms with Gasteiger partial charge < -0.3 is 10.6 Å². The zero-order chi connectivity index (χ0) is 12.6. The number of hydrogen-bond acceptors (Lipinski definition) is 1. The number of nitrogens with zero attached hydrogens (tertiary/aromatic N) is 1. The van der Waals surface area contributed by atoms with Gasteiger partial charge in [-0.2, -0.15) is 0 Å². The molecule has 2 rings (SSSR count). The lowest BCUT2D eigenvalue weighted by molar-refractivity contribution is 0.481. The highest BCUT2D eigenvalue weighted by atomic mass is 15.2. The van der Waals surface area contributed by atoms with Crippen LogP contribution in [0.3, 0.4) is 0 Å². The summed E-state index contributed by atoms with van der Waals surface area (Å²) in [4.78, 5) is 4.27. The topological polar surface area (TPSA) is 36.4 Å². The van der Waals surface area contributed by atoms with Crippen molar-refractivity contribution in [2.75, 3.05) is 20.1 Å². The predicted molar refractivity (Wildman–Crippen MR) is 77.9 cm³/mol. The van der Waals surface area contributed by atoms with E-state index >= 15 is 0 Å². The van der Waals surface area contributed by atoms with E-state index in [0.717, 1.165) is 30.9 Å². The van der Waals surface area contributed by atoms with Crippen molar-refractivity contribution < 1.29 is 0 Å². The van der Waals surface area contributed by atoms with E-state index in [9.17, 15) is 0 Å². The summed E-state index contributed by atoms with van der Waals surface area (Å²) in [6.07, 6.45) is 12.7. The van der Waals surface area contributed by atoms with Crippen molar-refractivity contribution in [2.24, 2.45) is 16.8 Å². The van der Waals surface area contributed by atoms with Gasteiger partial charge in [0.25, 0.3) is 0 Å². The van der Waals surface area contributed by atoms with Crippen LogP contribution >= 0.6 is 0 Å². The van der Waals surface area contributed by atoms with Crippen molar-refractivity contribution in [3.63, 3.8) is 0 Å². The first kappa shape index (κ1) is 13.7. The largest absolute Gasteiger partial charge is 0.356 e. The molecule has 0 atom stereocenters. The maximum Gasteiger partial charge on any atom is 0.190 e. The molecule has 0 radical (unpaired) electrons. The van der Waals surface area contributed by atoms with Crippen molar-refractivity contribution >= 4 is 5.96 Å². The van der Waals surface area contributed by atoms with E-state index < -0.39 is 0 Å². The van der Waals surface area contributed by atoms with E-state index in [-0.39, 0.29) is 0 Å². The third-order valence-electron chi connectivity index (χ3n) is 4.32. The van der Waals surface area contributed by atoms with Crippen molar-refractivity contribution in [2.45, 2.75) is 57.8 Å². The molecule has 2 aliphatic carbocycles. The highest BCUT2D eigenvalue weighted by molar-refractivity contribution is 5.79. The lowest BCUT2D eigenvalue weighted by Gasteiger charge is -2.13. The second-order valence-electron chi connectivity index (χ2n) is 5.95. The van der Waals surface area contributed by atoms with E-state index in [0.29, 0.717) is 0 Å². The number of hydrogen-bond donors (Lipinski definition) is 2. The first-order valence-electron chi connectivity index (χ1n) is 7.83. The minimum absolute atomic E-state index is 0.988. The molecule has 0 saturated heterocycles. The van der Waals surface area contributed by atoms with Gasteiger partial charge in [0, 0.05) is 20.1 Å². The Hall–Kier alpha value is -0.730. The highest BCUT2D eigenvalue weighted by Crippen LogP contribution is 2.31. The first-order chi connectivity index (χ1) is 8.88. The molecule has 0 amide bonds. The average Bonchev–Trinajstić information content (AvgIpc) is 3.06. The van der Waals surface area contributed by atoms with Gasteiger partial charge in [0.05, 0.1) is 0 Å². The van der Waals surface area contributed by atoms with E-state index in [2.05, 4.69) is 15.6 Å². The molecule has 0 bridgehead atoms. The molecular formula is C15H29N3. The quantitative estimate of drug-likeness (QED) is 0.415. The van der Waals surface area contributed by atoms with E-state index in [1.165, 1.54) is 57.8 Å². The van der Waals surface area contributed by atoms with Gasteiger partial charge in [-0.15, -0.1) is 0 Å². The monoisotopic (exact) mass is 251 g/mol. The molecule has 0 aromatic carbocycles. The predicted octanol–water partition coefficient (Wildman–Crippen LogP) is 2.92. The SMILES string of the molecule is CN=C(NCCCC1CCCC1)NCCC1CC1. The molecule has 104 valence electrons. The molecule has 0 spiro atoms. The van der Waals surface area contributed by atoms with Crippen molar-refractivity contribution in [3.05, 3.63) is 0 Å². The molecule has 2 aliphatic rings.